The molecular weight excluding hydrogens is 276 g/mol. The van der Waals surface area contributed by atoms with E-state index in [9.17, 15) is 13.6 Å². The van der Waals surface area contributed by atoms with E-state index < -0.39 is 6.61 Å². The van der Waals surface area contributed by atoms with Gasteiger partial charge in [-0.15, -0.1) is 0 Å². The van der Waals surface area contributed by atoms with Crippen LogP contribution in [-0.4, -0.2) is 12.5 Å². The zero-order valence-corrected chi connectivity index (χ0v) is 12.4. The normalized spacial score (nSPS) is 18.5. The summed E-state index contributed by atoms with van der Waals surface area (Å²) >= 11 is 0. The molecule has 0 aromatic heterocycles. The van der Waals surface area contributed by atoms with Gasteiger partial charge in [-0.1, -0.05) is 31.9 Å². The molecule has 1 amide bonds. The minimum atomic E-state index is -2.82. The third-order valence-corrected chi connectivity index (χ3v) is 4.21. The first-order chi connectivity index (χ1) is 9.90. The van der Waals surface area contributed by atoms with Crippen LogP contribution in [0.1, 0.15) is 51.1 Å². The lowest BCUT2D eigenvalue weighted by molar-refractivity contribution is -0.130. The number of halogens is 2. The van der Waals surface area contributed by atoms with Crippen LogP contribution in [0.25, 0.3) is 0 Å². The standard InChI is InChI=1S/C16H21F2NO2/c1-11(19-14(20)16(2)9-3-4-10-16)12-5-7-13(8-6-12)21-15(17)18/h5-8,11,15H,3-4,9-10H2,1-2H3,(H,19,20). The van der Waals surface area contributed by atoms with Gasteiger partial charge in [-0.3, -0.25) is 4.79 Å². The lowest BCUT2D eigenvalue weighted by atomic mass is 9.87. The molecule has 1 saturated carbocycles. The van der Waals surface area contributed by atoms with Gasteiger partial charge in [0.15, 0.2) is 0 Å². The number of alkyl halides is 2. The minimum Gasteiger partial charge on any atom is -0.435 e. The Hall–Kier alpha value is -1.65. The molecular formula is C16H21F2NO2. The van der Waals surface area contributed by atoms with E-state index in [0.29, 0.717) is 0 Å². The van der Waals surface area contributed by atoms with Crippen molar-refractivity contribution in [1.82, 2.24) is 5.32 Å². The lowest BCUT2D eigenvalue weighted by Crippen LogP contribution is -2.38. The predicted octanol–water partition coefficient (Wildman–Crippen LogP) is 4.05. The summed E-state index contributed by atoms with van der Waals surface area (Å²) < 4.78 is 28.5. The van der Waals surface area contributed by atoms with E-state index in [2.05, 4.69) is 10.1 Å². The topological polar surface area (TPSA) is 38.3 Å². The fourth-order valence-electron chi connectivity index (χ4n) is 2.77. The highest BCUT2D eigenvalue weighted by atomic mass is 19.3. The molecule has 0 spiro atoms. The molecule has 0 radical (unpaired) electrons. The maximum absolute atomic E-state index is 12.3. The van der Waals surface area contributed by atoms with Crippen LogP contribution in [0.3, 0.4) is 0 Å². The van der Waals surface area contributed by atoms with Gasteiger partial charge in [0, 0.05) is 5.41 Å². The minimum absolute atomic E-state index is 0.0698. The van der Waals surface area contributed by atoms with E-state index in [4.69, 9.17) is 0 Å². The molecule has 0 heterocycles. The average Bonchev–Trinajstić information content (AvgIpc) is 2.87. The summed E-state index contributed by atoms with van der Waals surface area (Å²) in [4.78, 5) is 12.3. The number of hydrogen-bond donors (Lipinski definition) is 1. The number of benzene rings is 1. The highest BCUT2D eigenvalue weighted by Gasteiger charge is 2.36. The van der Waals surface area contributed by atoms with E-state index >= 15 is 0 Å². The molecule has 5 heteroatoms. The zero-order chi connectivity index (χ0) is 15.5. The molecule has 21 heavy (non-hydrogen) atoms. The van der Waals surface area contributed by atoms with Crippen molar-refractivity contribution in [3.63, 3.8) is 0 Å². The van der Waals surface area contributed by atoms with Crippen molar-refractivity contribution < 1.29 is 18.3 Å². The van der Waals surface area contributed by atoms with Gasteiger partial charge in [0.25, 0.3) is 0 Å². The van der Waals surface area contributed by atoms with Crippen LogP contribution in [0, 0.1) is 5.41 Å². The van der Waals surface area contributed by atoms with Crippen LogP contribution in [0.4, 0.5) is 8.78 Å². The van der Waals surface area contributed by atoms with E-state index in [0.717, 1.165) is 31.2 Å². The Morgan fingerprint density at radius 2 is 1.81 bits per heavy atom. The van der Waals surface area contributed by atoms with Crippen molar-refractivity contribution in [2.45, 2.75) is 52.2 Å². The first kappa shape index (κ1) is 15.7. The van der Waals surface area contributed by atoms with Gasteiger partial charge in [-0.2, -0.15) is 8.78 Å². The molecule has 0 saturated heterocycles. The Bertz CT molecular complexity index is 482. The molecule has 116 valence electrons. The van der Waals surface area contributed by atoms with Crippen LogP contribution in [0.2, 0.25) is 0 Å². The van der Waals surface area contributed by atoms with Gasteiger partial charge < -0.3 is 10.1 Å². The van der Waals surface area contributed by atoms with Gasteiger partial charge in [0.2, 0.25) is 5.91 Å². The molecule has 1 aromatic carbocycles. The second-order valence-corrected chi connectivity index (χ2v) is 5.91. The summed E-state index contributed by atoms with van der Waals surface area (Å²) in [5, 5.41) is 3.01. The van der Waals surface area contributed by atoms with Crippen molar-refractivity contribution in [3.05, 3.63) is 29.8 Å². The molecule has 3 nitrogen and oxygen atoms in total. The second kappa shape index (κ2) is 6.41. The fourth-order valence-corrected chi connectivity index (χ4v) is 2.77. The van der Waals surface area contributed by atoms with Crippen LogP contribution >= 0.6 is 0 Å². The molecule has 1 atom stereocenters. The number of amides is 1. The quantitative estimate of drug-likeness (QED) is 0.890. The summed E-state index contributed by atoms with van der Waals surface area (Å²) in [6.07, 6.45) is 4.04. The van der Waals surface area contributed by atoms with Crippen molar-refractivity contribution in [3.8, 4) is 5.75 Å². The van der Waals surface area contributed by atoms with Gasteiger partial charge in [-0.25, -0.2) is 0 Å². The highest BCUT2D eigenvalue weighted by molar-refractivity contribution is 5.82. The predicted molar refractivity (Wildman–Crippen MR) is 76.2 cm³/mol. The SMILES string of the molecule is CC(NC(=O)C1(C)CCCC1)c1ccc(OC(F)F)cc1. The average molecular weight is 297 g/mol. The second-order valence-electron chi connectivity index (χ2n) is 5.91. The summed E-state index contributed by atoms with van der Waals surface area (Å²) in [5.74, 6) is 0.190. The zero-order valence-electron chi connectivity index (χ0n) is 12.4. The molecule has 1 aliphatic carbocycles. The molecule has 2 rings (SSSR count). The van der Waals surface area contributed by atoms with E-state index in [1.165, 1.54) is 12.1 Å². The number of ether oxygens (including phenoxy) is 1. The summed E-state index contributed by atoms with van der Waals surface area (Å²) in [6.45, 7) is 1.07. The number of rotatable bonds is 5. The van der Waals surface area contributed by atoms with Crippen LogP contribution < -0.4 is 10.1 Å². The first-order valence-corrected chi connectivity index (χ1v) is 7.26. The number of carbonyl (C=O) groups is 1. The van der Waals surface area contributed by atoms with Crippen molar-refractivity contribution in [2.24, 2.45) is 5.41 Å². The Morgan fingerprint density at radius 1 is 1.24 bits per heavy atom. The van der Waals surface area contributed by atoms with Gasteiger partial charge in [0.05, 0.1) is 6.04 Å². The maximum atomic E-state index is 12.3. The van der Waals surface area contributed by atoms with E-state index in [1.807, 2.05) is 13.8 Å². The molecule has 1 fully saturated rings. The number of nitrogens with one attached hydrogen (secondary N) is 1. The molecule has 1 N–H and O–H groups in total. The Kier molecular flexibility index (Phi) is 4.80. The lowest BCUT2D eigenvalue weighted by Gasteiger charge is -2.25. The molecule has 0 aliphatic heterocycles. The van der Waals surface area contributed by atoms with Crippen molar-refractivity contribution in [2.75, 3.05) is 0 Å². The summed E-state index contributed by atoms with van der Waals surface area (Å²) in [5.41, 5.74) is 0.596. The first-order valence-electron chi connectivity index (χ1n) is 7.26. The van der Waals surface area contributed by atoms with Crippen LogP contribution in [0.15, 0.2) is 24.3 Å². The van der Waals surface area contributed by atoms with E-state index in [-0.39, 0.29) is 23.1 Å². The Morgan fingerprint density at radius 3 is 2.33 bits per heavy atom. The molecule has 0 bridgehead atoms. The Balaban J connectivity index is 1.96. The fraction of sp³-hybridized carbons (Fsp3) is 0.562. The van der Waals surface area contributed by atoms with Crippen molar-refractivity contribution >= 4 is 5.91 Å². The van der Waals surface area contributed by atoms with Crippen LogP contribution in [-0.2, 0) is 4.79 Å². The van der Waals surface area contributed by atoms with Crippen LogP contribution in [0.5, 0.6) is 5.75 Å². The monoisotopic (exact) mass is 297 g/mol. The van der Waals surface area contributed by atoms with E-state index in [1.54, 1.807) is 12.1 Å². The molecule has 1 aromatic rings. The Labute approximate surface area is 123 Å². The van der Waals surface area contributed by atoms with Gasteiger partial charge >= 0.3 is 6.61 Å². The molecule has 1 unspecified atom stereocenters. The van der Waals surface area contributed by atoms with Crippen molar-refractivity contribution in [1.29, 1.82) is 0 Å². The van der Waals surface area contributed by atoms with Gasteiger partial charge in [-0.05, 0) is 37.5 Å². The summed E-state index contributed by atoms with van der Waals surface area (Å²) in [7, 11) is 0. The number of carbonyl (C=O) groups excluding carboxylic acids is 1. The highest BCUT2D eigenvalue weighted by Crippen LogP contribution is 2.38. The number of hydrogen-bond acceptors (Lipinski definition) is 2. The van der Waals surface area contributed by atoms with Gasteiger partial charge in [0.1, 0.15) is 5.75 Å². The largest absolute Gasteiger partial charge is 0.435 e. The molecule has 1 aliphatic rings. The maximum Gasteiger partial charge on any atom is 0.387 e. The third-order valence-electron chi connectivity index (χ3n) is 4.21. The summed E-state index contributed by atoms with van der Waals surface area (Å²) in [6, 6.07) is 6.21. The smallest absolute Gasteiger partial charge is 0.387 e. The third kappa shape index (κ3) is 3.93.